The van der Waals surface area contributed by atoms with Crippen LogP contribution in [-0.4, -0.2) is 35.1 Å². The molecule has 8 heteroatoms. The molecule has 0 atom stereocenters. The Balaban J connectivity index is 2.84. The van der Waals surface area contributed by atoms with E-state index in [0.29, 0.717) is 0 Å². The maximum atomic E-state index is 10.6. The lowest BCUT2D eigenvalue weighted by Gasteiger charge is -1.94. The van der Waals surface area contributed by atoms with Gasteiger partial charge in [0.2, 0.25) is 0 Å². The Hall–Kier alpha value is -0.180. The third-order valence-electron chi connectivity index (χ3n) is 1.04. The lowest BCUT2D eigenvalue weighted by molar-refractivity contribution is 0.137. The van der Waals surface area contributed by atoms with E-state index in [4.69, 9.17) is 0 Å². The maximum Gasteiger partial charge on any atom is 0.270 e. The summed E-state index contributed by atoms with van der Waals surface area (Å²) in [7, 11) is -7.39. The van der Waals surface area contributed by atoms with Crippen LogP contribution in [0.2, 0.25) is 0 Å². The molecule has 1 aliphatic heterocycles. The van der Waals surface area contributed by atoms with Gasteiger partial charge in [0.05, 0.1) is 11.5 Å². The van der Waals surface area contributed by atoms with Gasteiger partial charge in [-0.2, -0.15) is 16.8 Å². The molecule has 1 saturated heterocycles. The molecule has 0 aromatic carbocycles. The largest absolute Gasteiger partial charge is 0.270 e. The van der Waals surface area contributed by atoms with Crippen LogP contribution in [-0.2, 0) is 28.6 Å². The van der Waals surface area contributed by atoms with Gasteiger partial charge in [-0.15, -0.1) is 0 Å². The Kier molecular flexibility index (Phi) is 2.19. The van der Waals surface area contributed by atoms with Crippen molar-refractivity contribution in [1.29, 1.82) is 0 Å². The molecule has 6 nitrogen and oxygen atoms in total. The zero-order chi connectivity index (χ0) is 8.54. The molecule has 0 aliphatic carbocycles. The van der Waals surface area contributed by atoms with Gasteiger partial charge in [0.1, 0.15) is 0 Å². The van der Waals surface area contributed by atoms with Gasteiger partial charge in [0.15, 0.2) is 6.79 Å². The third-order valence-corrected chi connectivity index (χ3v) is 3.62. The van der Waals surface area contributed by atoms with Crippen molar-refractivity contribution in [3.63, 3.8) is 0 Å². The molecule has 0 unspecified atom stereocenters. The Morgan fingerprint density at radius 1 is 0.818 bits per heavy atom. The van der Waals surface area contributed by atoms with Gasteiger partial charge in [0, 0.05) is 0 Å². The molecule has 0 N–H and O–H groups in total. The average molecular weight is 202 g/mol. The van der Waals surface area contributed by atoms with E-state index in [1.54, 1.807) is 0 Å². The van der Waals surface area contributed by atoms with Crippen molar-refractivity contribution >= 4 is 20.2 Å². The Morgan fingerprint density at radius 2 is 1.18 bits per heavy atom. The van der Waals surface area contributed by atoms with E-state index in [1.165, 1.54) is 0 Å². The van der Waals surface area contributed by atoms with E-state index in [1.807, 2.05) is 0 Å². The van der Waals surface area contributed by atoms with Crippen molar-refractivity contribution < 1.29 is 25.2 Å². The fourth-order valence-electron chi connectivity index (χ4n) is 0.488. The second kappa shape index (κ2) is 2.70. The van der Waals surface area contributed by atoms with E-state index in [-0.39, 0.29) is 0 Å². The third kappa shape index (κ3) is 2.73. The molecule has 0 radical (unpaired) electrons. The molecule has 1 fully saturated rings. The number of rotatable bonds is 0. The van der Waals surface area contributed by atoms with Gasteiger partial charge >= 0.3 is 0 Å². The molecule has 0 saturated carbocycles. The van der Waals surface area contributed by atoms with E-state index < -0.39 is 38.5 Å². The molecule has 1 heterocycles. The molecule has 0 bridgehead atoms. The van der Waals surface area contributed by atoms with Crippen molar-refractivity contribution in [3.8, 4) is 0 Å². The van der Waals surface area contributed by atoms with Crippen LogP contribution in [0.5, 0.6) is 0 Å². The predicted molar refractivity (Wildman–Crippen MR) is 34.6 cm³/mol. The first-order valence-corrected chi connectivity index (χ1v) is 5.81. The van der Waals surface area contributed by atoms with Gasteiger partial charge in [-0.25, -0.2) is 8.37 Å². The minimum Gasteiger partial charge on any atom is -0.240 e. The summed E-state index contributed by atoms with van der Waals surface area (Å²) in [5.41, 5.74) is 0. The quantitative estimate of drug-likeness (QED) is 0.451. The fourth-order valence-corrected chi connectivity index (χ4v) is 2.81. The first-order valence-electron chi connectivity index (χ1n) is 2.65. The van der Waals surface area contributed by atoms with Crippen LogP contribution >= 0.6 is 0 Å². The minimum atomic E-state index is -3.69. The maximum absolute atomic E-state index is 10.6. The Morgan fingerprint density at radius 3 is 1.55 bits per heavy atom. The monoisotopic (exact) mass is 202 g/mol. The molecule has 1 aliphatic rings. The summed E-state index contributed by atoms with van der Waals surface area (Å²) < 4.78 is 50.6. The normalized spacial score (nSPS) is 29.1. The van der Waals surface area contributed by atoms with Crippen LogP contribution in [0.25, 0.3) is 0 Å². The molecule has 0 spiro atoms. The van der Waals surface area contributed by atoms with Gasteiger partial charge in [-0.3, -0.25) is 0 Å². The summed E-state index contributed by atoms with van der Waals surface area (Å²) in [6.07, 6.45) is 0. The summed E-state index contributed by atoms with van der Waals surface area (Å²) in [5, 5.41) is 0. The highest BCUT2D eigenvalue weighted by atomic mass is 32.2. The highest BCUT2D eigenvalue weighted by molar-refractivity contribution is 7.90. The van der Waals surface area contributed by atoms with E-state index in [2.05, 4.69) is 8.37 Å². The molecule has 1 rings (SSSR count). The topological polar surface area (TPSA) is 86.7 Å². The first kappa shape index (κ1) is 8.91. The van der Waals surface area contributed by atoms with Crippen LogP contribution in [0.4, 0.5) is 0 Å². The van der Waals surface area contributed by atoms with Crippen molar-refractivity contribution in [1.82, 2.24) is 0 Å². The van der Waals surface area contributed by atoms with E-state index >= 15 is 0 Å². The van der Waals surface area contributed by atoms with Gasteiger partial charge in [0.25, 0.3) is 20.2 Å². The summed E-state index contributed by atoms with van der Waals surface area (Å²) in [6.45, 7) is -0.745. The number of hydrogen-bond acceptors (Lipinski definition) is 6. The molecular weight excluding hydrogens is 196 g/mol. The zero-order valence-electron chi connectivity index (χ0n) is 5.39. The number of hydrogen-bond donors (Lipinski definition) is 0. The lowest BCUT2D eigenvalue weighted by Crippen LogP contribution is -2.13. The van der Waals surface area contributed by atoms with E-state index in [9.17, 15) is 16.8 Å². The van der Waals surface area contributed by atoms with Crippen LogP contribution in [0.3, 0.4) is 0 Å². The van der Waals surface area contributed by atoms with Gasteiger partial charge in [-0.05, 0) is 0 Å². The molecular formula is C3H6O6S2. The van der Waals surface area contributed by atoms with Crippen LogP contribution in [0.1, 0.15) is 0 Å². The van der Waals surface area contributed by atoms with Crippen LogP contribution in [0.15, 0.2) is 0 Å². The highest BCUT2D eigenvalue weighted by Gasteiger charge is 2.24. The summed E-state index contributed by atoms with van der Waals surface area (Å²) in [4.78, 5) is 0. The Bertz CT molecular complexity index is 289. The molecule has 0 aromatic rings. The first-order chi connectivity index (χ1) is 4.91. The average Bonchev–Trinajstić information content (AvgIpc) is 1.92. The summed E-state index contributed by atoms with van der Waals surface area (Å²) >= 11 is 0. The smallest absolute Gasteiger partial charge is 0.240 e. The van der Waals surface area contributed by atoms with E-state index in [0.717, 1.165) is 0 Å². The summed E-state index contributed by atoms with van der Waals surface area (Å²) in [5.74, 6) is -1.09. The zero-order valence-corrected chi connectivity index (χ0v) is 7.02. The van der Waals surface area contributed by atoms with Crippen LogP contribution in [0, 0.1) is 0 Å². The Labute approximate surface area is 64.4 Å². The fraction of sp³-hybridized carbons (Fsp3) is 1.00. The predicted octanol–water partition coefficient (Wildman–Crippen LogP) is -1.35. The molecule has 0 aromatic heterocycles. The molecule has 66 valence electrons. The lowest BCUT2D eigenvalue weighted by atomic mass is 11.0. The van der Waals surface area contributed by atoms with Crippen molar-refractivity contribution in [2.75, 3.05) is 18.3 Å². The molecule has 11 heavy (non-hydrogen) atoms. The second-order valence-corrected chi connectivity index (χ2v) is 5.40. The molecule has 0 amide bonds. The SMILES string of the molecule is O=S1(=O)CCS(=O)(=O)OCO1. The van der Waals surface area contributed by atoms with Crippen molar-refractivity contribution in [2.24, 2.45) is 0 Å². The second-order valence-electron chi connectivity index (χ2n) is 1.88. The van der Waals surface area contributed by atoms with Gasteiger partial charge < -0.3 is 0 Å². The van der Waals surface area contributed by atoms with Crippen LogP contribution < -0.4 is 0 Å². The minimum absolute atomic E-state index is 0.546. The highest BCUT2D eigenvalue weighted by Crippen LogP contribution is 2.05. The van der Waals surface area contributed by atoms with Crippen molar-refractivity contribution in [2.45, 2.75) is 0 Å². The summed E-state index contributed by atoms with van der Waals surface area (Å²) in [6, 6.07) is 0. The van der Waals surface area contributed by atoms with Crippen molar-refractivity contribution in [3.05, 3.63) is 0 Å². The standard InChI is InChI=1S/C3H6O6S2/c4-10(5)1-2-11(6,7)9-3-8-10/h1-3H2. The van der Waals surface area contributed by atoms with Gasteiger partial charge in [-0.1, -0.05) is 0 Å².